The molecule has 4 heteroatoms. The molecule has 70 valence electrons. The Hall–Kier alpha value is -0.900. The zero-order valence-electron chi connectivity index (χ0n) is 7.62. The van der Waals surface area contributed by atoms with Crippen LogP contribution in [-0.4, -0.2) is 29.4 Å². The van der Waals surface area contributed by atoms with Crippen LogP contribution in [0.3, 0.4) is 0 Å². The van der Waals surface area contributed by atoms with Gasteiger partial charge in [-0.05, 0) is 6.92 Å². The molecule has 0 N–H and O–H groups in total. The van der Waals surface area contributed by atoms with Gasteiger partial charge in [0.05, 0.1) is 10.7 Å². The van der Waals surface area contributed by atoms with Gasteiger partial charge in [-0.3, -0.25) is 4.79 Å². The minimum absolute atomic E-state index is 0.819. The monoisotopic (exact) mass is 196 g/mol. The van der Waals surface area contributed by atoms with Gasteiger partial charge in [0.2, 0.25) is 6.41 Å². The number of aryl methyl sites for hydroxylation is 1. The first-order valence-electron chi connectivity index (χ1n) is 4.44. The molecular formula is C9H12N2OS. The third kappa shape index (κ3) is 1.72. The first-order valence-corrected chi connectivity index (χ1v) is 5.26. The summed E-state index contributed by atoms with van der Waals surface area (Å²) in [4.78, 5) is 18.2. The summed E-state index contributed by atoms with van der Waals surface area (Å²) >= 11 is 1.76. The summed E-state index contributed by atoms with van der Waals surface area (Å²) < 4.78 is 0. The highest BCUT2D eigenvalue weighted by Crippen LogP contribution is 2.21. The maximum absolute atomic E-state index is 10.6. The molecule has 0 aliphatic carbocycles. The number of carbonyl (C=O) groups excluding carboxylic acids is 1. The lowest BCUT2D eigenvalue weighted by atomic mass is 10.2. The highest BCUT2D eigenvalue weighted by atomic mass is 32.1. The van der Waals surface area contributed by atoms with E-state index in [0.29, 0.717) is 0 Å². The number of carbonyl (C=O) groups is 1. The van der Waals surface area contributed by atoms with Crippen LogP contribution in [-0.2, 0) is 17.6 Å². The number of hydrogen-bond acceptors (Lipinski definition) is 3. The van der Waals surface area contributed by atoms with Gasteiger partial charge in [0.15, 0.2) is 0 Å². The Kier molecular flexibility index (Phi) is 2.31. The normalized spacial score (nSPS) is 16.5. The quantitative estimate of drug-likeness (QED) is 0.628. The van der Waals surface area contributed by atoms with Crippen molar-refractivity contribution in [3.05, 3.63) is 15.6 Å². The van der Waals surface area contributed by atoms with Crippen molar-refractivity contribution in [2.45, 2.75) is 19.8 Å². The minimum atomic E-state index is 0.819. The SMILES string of the molecule is Cc1nc2c(s1)CCN(C=O)CC2. The van der Waals surface area contributed by atoms with Crippen molar-refractivity contribution in [3.63, 3.8) is 0 Å². The average Bonchev–Trinajstić information content (AvgIpc) is 2.37. The Labute approximate surface area is 81.4 Å². The molecule has 2 rings (SSSR count). The van der Waals surface area contributed by atoms with Crippen molar-refractivity contribution < 1.29 is 4.79 Å². The fourth-order valence-corrected chi connectivity index (χ4v) is 2.59. The Morgan fingerprint density at radius 3 is 3.00 bits per heavy atom. The second kappa shape index (κ2) is 3.46. The van der Waals surface area contributed by atoms with Gasteiger partial charge in [-0.2, -0.15) is 0 Å². The highest BCUT2D eigenvalue weighted by molar-refractivity contribution is 7.11. The Morgan fingerprint density at radius 1 is 1.46 bits per heavy atom. The van der Waals surface area contributed by atoms with Crippen LogP contribution < -0.4 is 0 Å². The third-order valence-electron chi connectivity index (χ3n) is 2.30. The van der Waals surface area contributed by atoms with Crippen LogP contribution in [0.1, 0.15) is 15.6 Å². The molecule has 13 heavy (non-hydrogen) atoms. The minimum Gasteiger partial charge on any atom is -0.345 e. The van der Waals surface area contributed by atoms with Crippen LogP contribution in [0.5, 0.6) is 0 Å². The average molecular weight is 196 g/mol. The van der Waals surface area contributed by atoms with Crippen LogP contribution in [0.15, 0.2) is 0 Å². The van der Waals surface area contributed by atoms with Crippen molar-refractivity contribution in [3.8, 4) is 0 Å². The predicted molar refractivity (Wildman–Crippen MR) is 51.9 cm³/mol. The zero-order chi connectivity index (χ0) is 9.26. The van der Waals surface area contributed by atoms with Gasteiger partial charge in [-0.25, -0.2) is 4.98 Å². The van der Waals surface area contributed by atoms with Crippen molar-refractivity contribution in [2.24, 2.45) is 0 Å². The molecule has 0 bridgehead atoms. The first kappa shape index (κ1) is 8.69. The summed E-state index contributed by atoms with van der Waals surface area (Å²) in [5.74, 6) is 0. The highest BCUT2D eigenvalue weighted by Gasteiger charge is 2.15. The molecule has 0 saturated heterocycles. The number of amides is 1. The van der Waals surface area contributed by atoms with Crippen molar-refractivity contribution in [2.75, 3.05) is 13.1 Å². The second-order valence-electron chi connectivity index (χ2n) is 3.24. The van der Waals surface area contributed by atoms with Crippen LogP contribution in [0.25, 0.3) is 0 Å². The maximum atomic E-state index is 10.6. The summed E-state index contributed by atoms with van der Waals surface area (Å²) in [6, 6.07) is 0. The summed E-state index contributed by atoms with van der Waals surface area (Å²) in [5, 5.41) is 1.14. The first-order chi connectivity index (χ1) is 6.29. The smallest absolute Gasteiger partial charge is 0.209 e. The summed E-state index contributed by atoms with van der Waals surface area (Å²) in [6.07, 6.45) is 2.82. The maximum Gasteiger partial charge on any atom is 0.209 e. The van der Waals surface area contributed by atoms with Crippen LogP contribution >= 0.6 is 11.3 Å². The predicted octanol–water partition coefficient (Wildman–Crippen LogP) is 1.01. The van der Waals surface area contributed by atoms with Gasteiger partial charge in [0.1, 0.15) is 0 Å². The van der Waals surface area contributed by atoms with E-state index >= 15 is 0 Å². The van der Waals surface area contributed by atoms with E-state index in [-0.39, 0.29) is 0 Å². The van der Waals surface area contributed by atoms with E-state index in [1.807, 2.05) is 11.8 Å². The van der Waals surface area contributed by atoms with E-state index in [4.69, 9.17) is 0 Å². The summed E-state index contributed by atoms with van der Waals surface area (Å²) in [5.41, 5.74) is 1.20. The van der Waals surface area contributed by atoms with E-state index < -0.39 is 0 Å². The molecule has 1 aromatic heterocycles. The second-order valence-corrected chi connectivity index (χ2v) is 4.53. The fourth-order valence-electron chi connectivity index (χ4n) is 1.61. The van der Waals surface area contributed by atoms with E-state index in [0.717, 1.165) is 37.3 Å². The van der Waals surface area contributed by atoms with Crippen molar-refractivity contribution >= 4 is 17.7 Å². The molecule has 1 aromatic rings. The molecule has 2 heterocycles. The molecule has 0 atom stereocenters. The summed E-state index contributed by atoms with van der Waals surface area (Å²) in [6.45, 7) is 3.70. The van der Waals surface area contributed by atoms with Gasteiger partial charge in [0, 0.05) is 30.8 Å². The Morgan fingerprint density at radius 2 is 2.23 bits per heavy atom. The number of thiazole rings is 1. The standard InChI is InChI=1S/C9H12N2OS/c1-7-10-8-2-4-11(6-12)5-3-9(8)13-7/h6H,2-5H2,1H3. The van der Waals surface area contributed by atoms with Gasteiger partial charge >= 0.3 is 0 Å². The molecule has 3 nitrogen and oxygen atoms in total. The van der Waals surface area contributed by atoms with Gasteiger partial charge in [-0.15, -0.1) is 11.3 Å². The van der Waals surface area contributed by atoms with Crippen LogP contribution in [0, 0.1) is 6.92 Å². The Bertz CT molecular complexity index is 296. The van der Waals surface area contributed by atoms with Gasteiger partial charge < -0.3 is 4.90 Å². The van der Waals surface area contributed by atoms with Gasteiger partial charge in [0.25, 0.3) is 0 Å². The number of nitrogens with zero attached hydrogens (tertiary/aromatic N) is 2. The topological polar surface area (TPSA) is 33.2 Å². The lowest BCUT2D eigenvalue weighted by Gasteiger charge is -2.12. The van der Waals surface area contributed by atoms with E-state index in [2.05, 4.69) is 4.98 Å². The molecular weight excluding hydrogens is 184 g/mol. The van der Waals surface area contributed by atoms with Crippen LogP contribution in [0.2, 0.25) is 0 Å². The lowest BCUT2D eigenvalue weighted by Crippen LogP contribution is -2.24. The fraction of sp³-hybridized carbons (Fsp3) is 0.556. The molecule has 1 aliphatic rings. The molecule has 0 fully saturated rings. The zero-order valence-corrected chi connectivity index (χ0v) is 8.43. The molecule has 0 aromatic carbocycles. The number of rotatable bonds is 1. The number of fused-ring (bicyclic) bond motifs is 1. The molecule has 0 radical (unpaired) electrons. The van der Waals surface area contributed by atoms with Crippen molar-refractivity contribution in [1.82, 2.24) is 9.88 Å². The number of aromatic nitrogens is 1. The summed E-state index contributed by atoms with van der Waals surface area (Å²) in [7, 11) is 0. The number of hydrogen-bond donors (Lipinski definition) is 0. The molecule has 1 aliphatic heterocycles. The lowest BCUT2D eigenvalue weighted by molar-refractivity contribution is -0.118. The molecule has 0 unspecified atom stereocenters. The molecule has 0 saturated carbocycles. The molecule has 0 spiro atoms. The van der Waals surface area contributed by atoms with E-state index in [1.54, 1.807) is 11.3 Å². The van der Waals surface area contributed by atoms with Crippen molar-refractivity contribution in [1.29, 1.82) is 0 Å². The van der Waals surface area contributed by atoms with Crippen LogP contribution in [0.4, 0.5) is 0 Å². The van der Waals surface area contributed by atoms with E-state index in [1.165, 1.54) is 10.6 Å². The van der Waals surface area contributed by atoms with E-state index in [9.17, 15) is 4.79 Å². The Balaban J connectivity index is 2.19. The molecule has 1 amide bonds. The third-order valence-corrected chi connectivity index (χ3v) is 3.37. The largest absolute Gasteiger partial charge is 0.345 e. The van der Waals surface area contributed by atoms with Gasteiger partial charge in [-0.1, -0.05) is 0 Å².